The Morgan fingerprint density at radius 2 is 1.73 bits per heavy atom. The molecule has 1 aromatic heterocycles. The van der Waals surface area contributed by atoms with Gasteiger partial charge < -0.3 is 9.32 Å². The molecule has 26 heavy (non-hydrogen) atoms. The van der Waals surface area contributed by atoms with Crippen molar-refractivity contribution >= 4 is 16.9 Å². The van der Waals surface area contributed by atoms with Gasteiger partial charge in [-0.25, -0.2) is 0 Å². The van der Waals surface area contributed by atoms with Crippen molar-refractivity contribution < 1.29 is 9.21 Å². The van der Waals surface area contributed by atoms with Crippen molar-refractivity contribution in [2.24, 2.45) is 0 Å². The molecule has 0 bridgehead atoms. The number of hydrogen-bond acceptors (Lipinski definition) is 3. The van der Waals surface area contributed by atoms with Gasteiger partial charge in [0.15, 0.2) is 5.43 Å². The normalized spacial score (nSPS) is 16.6. The van der Waals surface area contributed by atoms with Crippen molar-refractivity contribution in [2.45, 2.75) is 32.7 Å². The van der Waals surface area contributed by atoms with Crippen molar-refractivity contribution in [3.05, 3.63) is 80.7 Å². The van der Waals surface area contributed by atoms with E-state index in [9.17, 15) is 9.59 Å². The zero-order valence-corrected chi connectivity index (χ0v) is 15.4. The molecule has 1 unspecified atom stereocenters. The highest BCUT2D eigenvalue weighted by Crippen LogP contribution is 2.37. The van der Waals surface area contributed by atoms with Gasteiger partial charge in [-0.05, 0) is 36.1 Å². The lowest BCUT2D eigenvalue weighted by atomic mass is 9.95. The number of aryl methyl sites for hydroxylation is 1. The summed E-state index contributed by atoms with van der Waals surface area (Å²) in [4.78, 5) is 27.5. The van der Waals surface area contributed by atoms with Gasteiger partial charge in [-0.1, -0.05) is 49.7 Å². The molecule has 1 aliphatic heterocycles. The van der Waals surface area contributed by atoms with E-state index in [-0.39, 0.29) is 17.1 Å². The van der Waals surface area contributed by atoms with Crippen molar-refractivity contribution in [3.63, 3.8) is 0 Å². The maximum Gasteiger partial charge on any atom is 0.290 e. The fourth-order valence-corrected chi connectivity index (χ4v) is 3.66. The van der Waals surface area contributed by atoms with E-state index in [1.165, 1.54) is 5.56 Å². The number of carbonyl (C=O) groups is 1. The molecule has 0 radical (unpaired) electrons. The number of fused-ring (bicyclic) bond motifs is 2. The molecule has 1 amide bonds. The molecule has 0 fully saturated rings. The van der Waals surface area contributed by atoms with Crippen LogP contribution >= 0.6 is 0 Å². The first-order valence-electron chi connectivity index (χ1n) is 8.83. The van der Waals surface area contributed by atoms with E-state index in [4.69, 9.17) is 4.42 Å². The van der Waals surface area contributed by atoms with E-state index in [0.29, 0.717) is 22.5 Å². The van der Waals surface area contributed by atoms with E-state index in [1.807, 2.05) is 31.2 Å². The van der Waals surface area contributed by atoms with Crippen LogP contribution < -0.4 is 5.43 Å². The highest BCUT2D eigenvalue weighted by Gasteiger charge is 2.40. The Morgan fingerprint density at radius 3 is 2.38 bits per heavy atom. The Morgan fingerprint density at radius 1 is 1.04 bits per heavy atom. The van der Waals surface area contributed by atoms with Crippen LogP contribution in [-0.2, 0) is 0 Å². The number of rotatable bonds is 2. The second-order valence-electron chi connectivity index (χ2n) is 7.31. The quantitative estimate of drug-likeness (QED) is 0.690. The van der Waals surface area contributed by atoms with Crippen LogP contribution in [0.15, 0.2) is 51.7 Å². The van der Waals surface area contributed by atoms with E-state index in [1.54, 1.807) is 18.0 Å². The van der Waals surface area contributed by atoms with Crippen LogP contribution in [0, 0.1) is 6.92 Å². The second-order valence-corrected chi connectivity index (χ2v) is 7.31. The van der Waals surface area contributed by atoms with Crippen LogP contribution in [-0.4, -0.2) is 17.9 Å². The Hall–Kier alpha value is -2.88. The van der Waals surface area contributed by atoms with E-state index in [0.717, 1.165) is 11.1 Å². The largest absolute Gasteiger partial charge is 0.450 e. The van der Waals surface area contributed by atoms with Crippen LogP contribution in [0.5, 0.6) is 0 Å². The lowest BCUT2D eigenvalue weighted by Gasteiger charge is -2.20. The minimum Gasteiger partial charge on any atom is -0.450 e. The highest BCUT2D eigenvalue weighted by atomic mass is 16.3. The average molecular weight is 347 g/mol. The molecule has 4 rings (SSSR count). The average Bonchev–Trinajstić information content (AvgIpc) is 2.87. The number of benzene rings is 2. The summed E-state index contributed by atoms with van der Waals surface area (Å²) >= 11 is 0. The summed E-state index contributed by atoms with van der Waals surface area (Å²) in [6.07, 6.45) is 0. The predicted molar refractivity (Wildman–Crippen MR) is 102 cm³/mol. The van der Waals surface area contributed by atoms with Gasteiger partial charge in [0.2, 0.25) is 5.76 Å². The Bertz CT molecular complexity index is 1080. The van der Waals surface area contributed by atoms with Gasteiger partial charge in [0.25, 0.3) is 5.91 Å². The molecule has 4 nitrogen and oxygen atoms in total. The summed E-state index contributed by atoms with van der Waals surface area (Å²) in [6, 6.07) is 13.2. The lowest BCUT2D eigenvalue weighted by molar-refractivity contribution is 0.0771. The molecular formula is C22H21NO3. The summed E-state index contributed by atoms with van der Waals surface area (Å²) < 4.78 is 5.85. The number of amides is 1. The predicted octanol–water partition coefficient (Wildman–Crippen LogP) is 4.40. The first kappa shape index (κ1) is 16.6. The minimum absolute atomic E-state index is 0.124. The lowest BCUT2D eigenvalue weighted by Crippen LogP contribution is -2.25. The highest BCUT2D eigenvalue weighted by molar-refractivity contribution is 5.98. The summed E-state index contributed by atoms with van der Waals surface area (Å²) in [5.74, 6) is 0.334. The van der Waals surface area contributed by atoms with Gasteiger partial charge in [-0.15, -0.1) is 0 Å². The molecule has 4 heteroatoms. The Labute approximate surface area is 152 Å². The molecular weight excluding hydrogens is 326 g/mol. The van der Waals surface area contributed by atoms with Gasteiger partial charge in [0.1, 0.15) is 5.58 Å². The van der Waals surface area contributed by atoms with Gasteiger partial charge in [-0.3, -0.25) is 9.59 Å². The van der Waals surface area contributed by atoms with Crippen LogP contribution in [0.4, 0.5) is 0 Å². The van der Waals surface area contributed by atoms with E-state index >= 15 is 0 Å². The van der Waals surface area contributed by atoms with Crippen molar-refractivity contribution in [1.82, 2.24) is 4.90 Å². The van der Waals surface area contributed by atoms with E-state index in [2.05, 4.69) is 26.0 Å². The number of carbonyl (C=O) groups excluding carboxylic acids is 1. The van der Waals surface area contributed by atoms with Crippen molar-refractivity contribution in [1.29, 1.82) is 0 Å². The first-order valence-corrected chi connectivity index (χ1v) is 8.83. The molecule has 132 valence electrons. The standard InChI is InChI=1S/C22H21NO3/c1-12(2)14-6-8-15(9-7-14)19-18-20(24)16-11-13(3)5-10-17(16)26-21(18)22(25)23(19)4/h5-12,19H,1-4H3. The molecule has 0 saturated carbocycles. The second kappa shape index (κ2) is 5.84. The Kier molecular flexibility index (Phi) is 3.72. The number of nitrogens with zero attached hydrogens (tertiary/aromatic N) is 1. The smallest absolute Gasteiger partial charge is 0.290 e. The molecule has 1 atom stereocenters. The van der Waals surface area contributed by atoms with Crippen molar-refractivity contribution in [3.8, 4) is 0 Å². The van der Waals surface area contributed by atoms with Gasteiger partial charge in [-0.2, -0.15) is 0 Å². The topological polar surface area (TPSA) is 50.5 Å². The molecule has 3 aromatic rings. The number of hydrogen-bond donors (Lipinski definition) is 0. The summed E-state index contributed by atoms with van der Waals surface area (Å²) in [6.45, 7) is 6.21. The molecule has 0 spiro atoms. The molecule has 0 aliphatic carbocycles. The summed E-state index contributed by atoms with van der Waals surface area (Å²) in [5, 5.41) is 0.524. The third-order valence-corrected chi connectivity index (χ3v) is 5.18. The summed E-state index contributed by atoms with van der Waals surface area (Å²) in [7, 11) is 1.72. The van der Waals surface area contributed by atoms with Gasteiger partial charge >= 0.3 is 0 Å². The van der Waals surface area contributed by atoms with Gasteiger partial charge in [0.05, 0.1) is 17.0 Å². The van der Waals surface area contributed by atoms with Crippen molar-refractivity contribution in [2.75, 3.05) is 7.05 Å². The fourth-order valence-electron chi connectivity index (χ4n) is 3.66. The maximum atomic E-state index is 13.2. The summed E-state index contributed by atoms with van der Waals surface area (Å²) in [5.41, 5.74) is 3.90. The zero-order valence-electron chi connectivity index (χ0n) is 15.4. The maximum absolute atomic E-state index is 13.2. The molecule has 1 aliphatic rings. The fraction of sp³-hybridized carbons (Fsp3) is 0.273. The third-order valence-electron chi connectivity index (χ3n) is 5.18. The molecule has 2 heterocycles. The van der Waals surface area contributed by atoms with Crippen LogP contribution in [0.3, 0.4) is 0 Å². The Balaban J connectivity index is 1.94. The molecule has 2 aromatic carbocycles. The van der Waals surface area contributed by atoms with Crippen LogP contribution in [0.2, 0.25) is 0 Å². The zero-order chi connectivity index (χ0) is 18.6. The van der Waals surface area contributed by atoms with Crippen LogP contribution in [0.25, 0.3) is 11.0 Å². The van der Waals surface area contributed by atoms with E-state index < -0.39 is 6.04 Å². The molecule has 0 N–H and O–H groups in total. The SMILES string of the molecule is Cc1ccc2oc3c(c(=O)c2c1)C(c1ccc(C(C)C)cc1)N(C)C3=O. The third kappa shape index (κ3) is 2.37. The first-order chi connectivity index (χ1) is 12.4. The molecule has 0 saturated heterocycles. The van der Waals surface area contributed by atoms with Crippen LogP contribution in [0.1, 0.15) is 58.6 Å². The minimum atomic E-state index is -0.417. The monoisotopic (exact) mass is 347 g/mol. The van der Waals surface area contributed by atoms with Gasteiger partial charge in [0, 0.05) is 7.05 Å².